The number of furan rings is 1. The number of fused-ring (bicyclic) bond motifs is 2. The number of anilines is 1. The quantitative estimate of drug-likeness (QED) is 0.257. The molecule has 0 bridgehead atoms. The lowest BCUT2D eigenvalue weighted by molar-refractivity contribution is -0.117. The molecule has 13 heteroatoms. The average molecular weight is 535 g/mol. The van der Waals surface area contributed by atoms with E-state index in [0.717, 1.165) is 35.1 Å². The summed E-state index contributed by atoms with van der Waals surface area (Å²) in [5, 5.41) is 19.1. The number of imidazole rings is 1. The second kappa shape index (κ2) is 9.65. The zero-order valence-corrected chi connectivity index (χ0v) is 21.5. The van der Waals surface area contributed by atoms with Crippen LogP contribution in [0.25, 0.3) is 28.0 Å². The summed E-state index contributed by atoms with van der Waals surface area (Å²) in [4.78, 5) is 16.5. The first-order chi connectivity index (χ1) is 18.3. The molecule has 6 rings (SSSR count). The van der Waals surface area contributed by atoms with Crippen LogP contribution in [0.15, 0.2) is 53.1 Å². The van der Waals surface area contributed by atoms with Crippen molar-refractivity contribution < 1.29 is 17.6 Å². The van der Waals surface area contributed by atoms with Crippen molar-refractivity contribution in [3.05, 3.63) is 60.1 Å². The summed E-state index contributed by atoms with van der Waals surface area (Å²) in [6, 6.07) is 13.3. The van der Waals surface area contributed by atoms with E-state index in [9.17, 15) is 13.2 Å². The Hall–Kier alpha value is -4.10. The molecule has 0 radical (unpaired) electrons. The molecule has 1 amide bonds. The van der Waals surface area contributed by atoms with Crippen molar-refractivity contribution in [2.75, 3.05) is 23.9 Å². The van der Waals surface area contributed by atoms with Gasteiger partial charge in [0.15, 0.2) is 11.5 Å². The van der Waals surface area contributed by atoms with E-state index >= 15 is 0 Å². The zero-order chi connectivity index (χ0) is 26.3. The highest BCUT2D eigenvalue weighted by Crippen LogP contribution is 2.30. The van der Waals surface area contributed by atoms with E-state index in [1.54, 1.807) is 15.4 Å². The minimum atomic E-state index is -3.00. The number of nitrogens with one attached hydrogen (secondary N) is 2. The summed E-state index contributed by atoms with van der Waals surface area (Å²) in [6.45, 7) is 1.19. The predicted octanol–water partition coefficient (Wildman–Crippen LogP) is 2.26. The van der Waals surface area contributed by atoms with Crippen molar-refractivity contribution in [1.82, 2.24) is 34.9 Å². The van der Waals surface area contributed by atoms with E-state index in [1.165, 1.54) is 6.26 Å². The second-order valence-corrected chi connectivity index (χ2v) is 11.8. The van der Waals surface area contributed by atoms with Crippen LogP contribution in [-0.2, 0) is 27.7 Å². The summed E-state index contributed by atoms with van der Waals surface area (Å²) >= 11 is 0. The number of hydrogen-bond donors (Lipinski definition) is 2. The van der Waals surface area contributed by atoms with Crippen LogP contribution in [0.3, 0.4) is 0 Å². The maximum Gasteiger partial charge on any atom is 0.228 e. The number of amides is 1. The van der Waals surface area contributed by atoms with Crippen molar-refractivity contribution in [2.24, 2.45) is 5.92 Å². The van der Waals surface area contributed by atoms with Crippen molar-refractivity contribution in [3.63, 3.8) is 0 Å². The normalized spacial score (nSPS) is 13.9. The van der Waals surface area contributed by atoms with E-state index in [4.69, 9.17) is 4.42 Å². The number of aromatic nitrogens is 6. The molecular weight excluding hydrogens is 508 g/mol. The SMILES string of the molecule is CS(=O)(=O)CCNCc1ccc(-c2ccc3nnn(Cc4ccc5nc(NC(=O)C6CC6)cn5n4)c3c2)o1. The van der Waals surface area contributed by atoms with Gasteiger partial charge in [0.25, 0.3) is 0 Å². The Morgan fingerprint density at radius 2 is 2.03 bits per heavy atom. The third-order valence-electron chi connectivity index (χ3n) is 6.30. The fraction of sp³-hybridized carbons (Fsp3) is 0.320. The molecule has 2 N–H and O–H groups in total. The smallest absolute Gasteiger partial charge is 0.228 e. The minimum Gasteiger partial charge on any atom is -0.460 e. The molecule has 1 aromatic carbocycles. The van der Waals surface area contributed by atoms with Gasteiger partial charge < -0.3 is 15.1 Å². The van der Waals surface area contributed by atoms with Crippen LogP contribution in [0.1, 0.15) is 24.3 Å². The molecule has 1 saturated carbocycles. The van der Waals surface area contributed by atoms with Crippen LogP contribution in [-0.4, -0.2) is 62.5 Å². The summed E-state index contributed by atoms with van der Waals surface area (Å²) < 4.78 is 31.9. The molecular formula is C25H26N8O4S. The lowest BCUT2D eigenvalue weighted by Gasteiger charge is -2.04. The largest absolute Gasteiger partial charge is 0.460 e. The summed E-state index contributed by atoms with van der Waals surface area (Å²) in [5.41, 5.74) is 3.85. The fourth-order valence-electron chi connectivity index (χ4n) is 4.13. The van der Waals surface area contributed by atoms with Gasteiger partial charge in [-0.3, -0.25) is 4.79 Å². The van der Waals surface area contributed by atoms with Crippen LogP contribution in [0.4, 0.5) is 5.82 Å². The third kappa shape index (κ3) is 5.43. The molecule has 0 spiro atoms. The summed E-state index contributed by atoms with van der Waals surface area (Å²) in [6.07, 6.45) is 4.79. The van der Waals surface area contributed by atoms with Gasteiger partial charge in [-0.15, -0.1) is 5.10 Å². The van der Waals surface area contributed by atoms with Gasteiger partial charge in [-0.1, -0.05) is 5.21 Å². The van der Waals surface area contributed by atoms with E-state index in [1.807, 2.05) is 42.5 Å². The van der Waals surface area contributed by atoms with Crippen LogP contribution in [0, 0.1) is 5.92 Å². The Morgan fingerprint density at radius 1 is 1.16 bits per heavy atom. The van der Waals surface area contributed by atoms with Crippen LogP contribution in [0.5, 0.6) is 0 Å². The Morgan fingerprint density at radius 3 is 2.84 bits per heavy atom. The molecule has 0 atom stereocenters. The van der Waals surface area contributed by atoms with Gasteiger partial charge in [-0.2, -0.15) is 5.10 Å². The third-order valence-corrected chi connectivity index (χ3v) is 7.24. The van der Waals surface area contributed by atoms with Crippen molar-refractivity contribution >= 4 is 38.2 Å². The van der Waals surface area contributed by atoms with Crippen molar-refractivity contribution in [3.8, 4) is 11.3 Å². The van der Waals surface area contributed by atoms with Crippen LogP contribution in [0.2, 0.25) is 0 Å². The van der Waals surface area contributed by atoms with Gasteiger partial charge in [0.1, 0.15) is 26.9 Å². The van der Waals surface area contributed by atoms with E-state index in [2.05, 4.69) is 31.0 Å². The van der Waals surface area contributed by atoms with Gasteiger partial charge in [0, 0.05) is 24.3 Å². The van der Waals surface area contributed by atoms with E-state index < -0.39 is 9.84 Å². The lowest BCUT2D eigenvalue weighted by atomic mass is 10.1. The van der Waals surface area contributed by atoms with E-state index in [-0.39, 0.29) is 17.6 Å². The Balaban J connectivity index is 1.17. The highest BCUT2D eigenvalue weighted by molar-refractivity contribution is 7.90. The highest BCUT2D eigenvalue weighted by Gasteiger charge is 2.30. The number of carbonyl (C=O) groups is 1. The molecule has 38 heavy (non-hydrogen) atoms. The maximum atomic E-state index is 12.0. The molecule has 12 nitrogen and oxygen atoms in total. The summed E-state index contributed by atoms with van der Waals surface area (Å²) in [5.74, 6) is 2.08. The molecule has 1 aliphatic carbocycles. The first-order valence-corrected chi connectivity index (χ1v) is 14.3. The van der Waals surface area contributed by atoms with Gasteiger partial charge in [-0.05, 0) is 55.3 Å². The van der Waals surface area contributed by atoms with Gasteiger partial charge in [0.05, 0.1) is 36.2 Å². The van der Waals surface area contributed by atoms with Gasteiger partial charge in [-0.25, -0.2) is 22.6 Å². The Labute approximate surface area is 218 Å². The molecule has 1 fully saturated rings. The molecule has 0 aliphatic heterocycles. The Kier molecular flexibility index (Phi) is 6.16. The minimum absolute atomic E-state index is 0.00501. The first kappa shape index (κ1) is 24.2. The topological polar surface area (TPSA) is 149 Å². The number of hydrogen-bond acceptors (Lipinski definition) is 9. The maximum absolute atomic E-state index is 12.0. The average Bonchev–Trinajstić information content (AvgIpc) is 3.31. The second-order valence-electron chi connectivity index (χ2n) is 9.54. The number of rotatable bonds is 10. The molecule has 196 valence electrons. The number of sulfone groups is 1. The first-order valence-electron chi connectivity index (χ1n) is 12.3. The van der Waals surface area contributed by atoms with Crippen molar-refractivity contribution in [2.45, 2.75) is 25.9 Å². The van der Waals surface area contributed by atoms with Gasteiger partial charge in [0.2, 0.25) is 5.91 Å². The number of carbonyl (C=O) groups excluding carboxylic acids is 1. The molecule has 1 aliphatic rings. The predicted molar refractivity (Wildman–Crippen MR) is 140 cm³/mol. The molecule has 0 unspecified atom stereocenters. The molecule has 5 aromatic rings. The van der Waals surface area contributed by atoms with Crippen molar-refractivity contribution in [1.29, 1.82) is 0 Å². The Bertz CT molecular complexity index is 1750. The van der Waals surface area contributed by atoms with E-state index in [0.29, 0.717) is 42.6 Å². The highest BCUT2D eigenvalue weighted by atomic mass is 32.2. The molecule has 4 heterocycles. The molecule has 4 aromatic heterocycles. The molecule has 0 saturated heterocycles. The standard InChI is InChI=1S/C25H26N8O4S/c1-38(35,36)11-10-26-13-19-6-8-22(37-19)17-4-7-20-21(12-17)32(31-29-20)14-18-5-9-24-27-23(15-33(24)30-18)28-25(34)16-2-3-16/h4-9,12,15-16,26H,2-3,10-11,13-14H2,1H3,(H,28,34). The fourth-order valence-corrected chi connectivity index (χ4v) is 4.64. The zero-order valence-electron chi connectivity index (χ0n) is 20.7. The van der Waals surface area contributed by atoms with Crippen LogP contribution >= 0.6 is 0 Å². The van der Waals surface area contributed by atoms with Crippen LogP contribution < -0.4 is 10.6 Å². The number of benzene rings is 1. The summed E-state index contributed by atoms with van der Waals surface area (Å²) in [7, 11) is -3.00. The monoisotopic (exact) mass is 534 g/mol. The lowest BCUT2D eigenvalue weighted by Crippen LogP contribution is -2.21. The number of nitrogens with zero attached hydrogens (tertiary/aromatic N) is 6. The van der Waals surface area contributed by atoms with Gasteiger partial charge >= 0.3 is 0 Å².